The van der Waals surface area contributed by atoms with E-state index in [0.717, 1.165) is 29.2 Å². The van der Waals surface area contributed by atoms with Crippen LogP contribution in [-0.2, 0) is 15.9 Å². The van der Waals surface area contributed by atoms with Crippen LogP contribution in [0.3, 0.4) is 0 Å². The number of nitrogens with one attached hydrogen (secondary N) is 2. The molecular weight excluding hydrogens is 636 g/mol. The van der Waals surface area contributed by atoms with Crippen LogP contribution in [0.2, 0.25) is 5.02 Å². The van der Waals surface area contributed by atoms with Crippen LogP contribution in [0.15, 0.2) is 48.7 Å². The van der Waals surface area contributed by atoms with Gasteiger partial charge in [0.05, 0.1) is 35.6 Å². The molecule has 0 unspecified atom stereocenters. The number of benzene rings is 2. The Morgan fingerprint density at radius 3 is 2.38 bits per heavy atom. The van der Waals surface area contributed by atoms with Gasteiger partial charge >= 0.3 is 11.9 Å². The molecule has 2 amide bonds. The normalized spacial score (nSPS) is 15.2. The second kappa shape index (κ2) is 14.1. The van der Waals surface area contributed by atoms with Crippen molar-refractivity contribution in [3.8, 4) is 0 Å². The molecule has 0 bridgehead atoms. The number of esters is 2. The number of carbonyl (C=O) groups is 4. The summed E-state index contributed by atoms with van der Waals surface area (Å²) in [5.74, 6) is -1.39. The van der Waals surface area contributed by atoms with E-state index in [0.29, 0.717) is 29.1 Å². The largest absolute Gasteiger partial charge is 0.464 e. The van der Waals surface area contributed by atoms with E-state index in [1.165, 1.54) is 36.7 Å². The van der Waals surface area contributed by atoms with Gasteiger partial charge in [0.2, 0.25) is 0 Å². The van der Waals surface area contributed by atoms with Crippen molar-refractivity contribution in [1.82, 2.24) is 19.9 Å². The Labute approximate surface area is 283 Å². The van der Waals surface area contributed by atoms with E-state index in [9.17, 15) is 19.2 Å². The molecule has 2 aromatic heterocycles. The van der Waals surface area contributed by atoms with Crippen molar-refractivity contribution in [3.63, 3.8) is 0 Å². The van der Waals surface area contributed by atoms with Crippen LogP contribution in [0.25, 0.3) is 5.65 Å². The Balaban J connectivity index is 0.000000825. The first-order valence-electron chi connectivity index (χ1n) is 15.7. The van der Waals surface area contributed by atoms with E-state index in [4.69, 9.17) is 26.8 Å². The predicted molar refractivity (Wildman–Crippen MR) is 180 cm³/mol. The Morgan fingerprint density at radius 2 is 1.75 bits per heavy atom. The highest BCUT2D eigenvalue weighted by Crippen LogP contribution is 2.35. The van der Waals surface area contributed by atoms with Crippen molar-refractivity contribution >= 4 is 46.7 Å². The Bertz CT molecular complexity index is 1890. The number of para-hydroxylation sites is 1. The van der Waals surface area contributed by atoms with Gasteiger partial charge in [-0.2, -0.15) is 5.10 Å². The van der Waals surface area contributed by atoms with Gasteiger partial charge in [-0.3, -0.25) is 9.59 Å². The van der Waals surface area contributed by atoms with E-state index >= 15 is 0 Å². The number of rotatable bonds is 7. The molecule has 2 aliphatic rings. The molecule has 0 spiro atoms. The highest BCUT2D eigenvalue weighted by atomic mass is 35.5. The zero-order chi connectivity index (χ0) is 34.7. The molecule has 4 N–H and O–H groups in total. The van der Waals surface area contributed by atoms with Crippen LogP contribution in [0.4, 0.5) is 5.69 Å². The smallest absolute Gasteiger partial charge is 0.356 e. The number of hydrogen-bond acceptors (Lipinski definition) is 9. The number of amides is 2. The highest BCUT2D eigenvalue weighted by molar-refractivity contribution is 6.34. The first-order valence-corrected chi connectivity index (χ1v) is 16.1. The minimum atomic E-state index is -0.785. The van der Waals surface area contributed by atoms with E-state index in [-0.39, 0.29) is 28.6 Å². The highest BCUT2D eigenvalue weighted by Gasteiger charge is 2.31. The van der Waals surface area contributed by atoms with Crippen molar-refractivity contribution in [3.05, 3.63) is 92.9 Å². The number of anilines is 1. The maximum atomic E-state index is 13.7. The second-order valence-corrected chi connectivity index (χ2v) is 13.2. The molecule has 0 radical (unpaired) electrons. The van der Waals surface area contributed by atoms with E-state index < -0.39 is 29.4 Å². The standard InChI is InChI=1S/C31H30ClN5O6.C4H9N/c1-16-17-12-13-22(19(17)11-10-18(16)29(40)43-31(2,3)4)35-28(39)25-14-24(30(41)42-5)34-26-20(15-33-37(25)26)27(38)36-23-9-7-6-8-21(23)32;5-3-4-1-2-4/h6-11,14-15,22H,12-13H2,1-5H3,(H,35,39)(H,36,38);4H,1-3,5H2/t22-;/m0./s1. The van der Waals surface area contributed by atoms with Crippen molar-refractivity contribution in [2.45, 2.75) is 65.0 Å². The molecule has 2 heterocycles. The zero-order valence-electron chi connectivity index (χ0n) is 27.6. The van der Waals surface area contributed by atoms with Gasteiger partial charge in [-0.05, 0) is 101 Å². The maximum Gasteiger partial charge on any atom is 0.356 e. The van der Waals surface area contributed by atoms with Crippen molar-refractivity contribution < 1.29 is 28.7 Å². The number of halogens is 1. The lowest BCUT2D eigenvalue weighted by atomic mass is 9.97. The van der Waals surface area contributed by atoms with E-state index in [1.54, 1.807) is 30.3 Å². The summed E-state index contributed by atoms with van der Waals surface area (Å²) < 4.78 is 11.6. The number of aromatic nitrogens is 3. The van der Waals surface area contributed by atoms with Gasteiger partial charge in [-0.15, -0.1) is 0 Å². The number of hydrogen-bond donors (Lipinski definition) is 3. The van der Waals surface area contributed by atoms with Crippen LogP contribution >= 0.6 is 11.6 Å². The third-order valence-electron chi connectivity index (χ3n) is 8.11. The molecule has 0 saturated heterocycles. The average molecular weight is 675 g/mol. The molecule has 1 fully saturated rings. The van der Waals surface area contributed by atoms with Crippen molar-refractivity contribution in [1.29, 1.82) is 0 Å². The van der Waals surface area contributed by atoms with Crippen LogP contribution < -0.4 is 16.4 Å². The topological polar surface area (TPSA) is 167 Å². The van der Waals surface area contributed by atoms with Gasteiger partial charge in [-0.1, -0.05) is 29.8 Å². The maximum absolute atomic E-state index is 13.7. The molecule has 1 atom stereocenters. The lowest BCUT2D eigenvalue weighted by molar-refractivity contribution is 0.00681. The molecule has 1 saturated carbocycles. The zero-order valence-corrected chi connectivity index (χ0v) is 28.3. The molecule has 252 valence electrons. The Kier molecular flexibility index (Phi) is 10.2. The minimum absolute atomic E-state index is 0.0118. The fraction of sp³-hybridized carbons (Fsp3) is 0.371. The fourth-order valence-electron chi connectivity index (χ4n) is 5.42. The van der Waals surface area contributed by atoms with Crippen molar-refractivity contribution in [2.75, 3.05) is 19.0 Å². The number of fused-ring (bicyclic) bond motifs is 2. The molecule has 4 aromatic rings. The van der Waals surface area contributed by atoms with Crippen LogP contribution in [0, 0.1) is 12.8 Å². The summed E-state index contributed by atoms with van der Waals surface area (Å²) in [6.07, 6.45) is 5.28. The molecular formula is C35H39ClN6O6. The Morgan fingerprint density at radius 1 is 1.02 bits per heavy atom. The van der Waals surface area contributed by atoms with Crippen LogP contribution in [0.1, 0.15) is 104 Å². The molecule has 0 aliphatic heterocycles. The van der Waals surface area contributed by atoms with E-state index in [2.05, 4.69) is 20.7 Å². The molecule has 2 aromatic carbocycles. The van der Waals surface area contributed by atoms with E-state index in [1.807, 2.05) is 33.8 Å². The van der Waals surface area contributed by atoms with Gasteiger partial charge in [0.25, 0.3) is 11.8 Å². The third kappa shape index (κ3) is 7.66. The summed E-state index contributed by atoms with van der Waals surface area (Å²) in [5, 5.41) is 10.3. The summed E-state index contributed by atoms with van der Waals surface area (Å²) in [4.78, 5) is 56.3. The molecule has 12 nitrogen and oxygen atoms in total. The summed E-state index contributed by atoms with van der Waals surface area (Å²) in [5.41, 5.74) is 7.96. The predicted octanol–water partition coefficient (Wildman–Crippen LogP) is 5.46. The average Bonchev–Trinajstić information content (AvgIpc) is 3.66. The summed E-state index contributed by atoms with van der Waals surface area (Å²) in [6.45, 7) is 8.23. The SMILES string of the molecule is COC(=O)c1cc(C(=O)N[C@H]2CCc3c2ccc(C(=O)OC(C)(C)C)c3C)n2ncc(C(=O)Nc3ccccc3Cl)c2n1.NCC1CC1. The fourth-order valence-corrected chi connectivity index (χ4v) is 5.60. The first-order chi connectivity index (χ1) is 22.8. The first kappa shape index (κ1) is 34.5. The quantitative estimate of drug-likeness (QED) is 0.216. The van der Waals surface area contributed by atoms with Gasteiger partial charge in [0, 0.05) is 6.07 Å². The molecule has 48 heavy (non-hydrogen) atoms. The van der Waals surface area contributed by atoms with Crippen LogP contribution in [-0.4, -0.2) is 57.6 Å². The molecule has 13 heteroatoms. The lowest BCUT2D eigenvalue weighted by Gasteiger charge is -2.21. The monoisotopic (exact) mass is 674 g/mol. The number of methoxy groups -OCH3 is 1. The summed E-state index contributed by atoms with van der Waals surface area (Å²) >= 11 is 6.19. The van der Waals surface area contributed by atoms with Crippen LogP contribution in [0.5, 0.6) is 0 Å². The van der Waals surface area contributed by atoms with Crippen molar-refractivity contribution in [2.24, 2.45) is 11.7 Å². The lowest BCUT2D eigenvalue weighted by Crippen LogP contribution is -2.30. The minimum Gasteiger partial charge on any atom is -0.464 e. The number of nitrogens with zero attached hydrogens (tertiary/aromatic N) is 3. The van der Waals surface area contributed by atoms with Gasteiger partial charge in [0.15, 0.2) is 11.3 Å². The third-order valence-corrected chi connectivity index (χ3v) is 8.44. The van der Waals surface area contributed by atoms with Gasteiger partial charge < -0.3 is 25.8 Å². The Hall–Kier alpha value is -4.81. The van der Waals surface area contributed by atoms with Gasteiger partial charge in [0.1, 0.15) is 16.9 Å². The number of nitrogens with two attached hydrogens (primary N) is 1. The number of ether oxygens (including phenoxy) is 2. The summed E-state index contributed by atoms with van der Waals surface area (Å²) in [6, 6.07) is 11.2. The number of carbonyl (C=O) groups excluding carboxylic acids is 4. The van der Waals surface area contributed by atoms with Gasteiger partial charge in [-0.25, -0.2) is 19.1 Å². The summed E-state index contributed by atoms with van der Waals surface area (Å²) in [7, 11) is 1.19. The second-order valence-electron chi connectivity index (χ2n) is 12.8. The molecule has 2 aliphatic carbocycles. The molecule has 6 rings (SSSR count).